The number of hydrogen-bond acceptors (Lipinski definition) is 8. The van der Waals surface area contributed by atoms with E-state index in [1.807, 2.05) is 26.0 Å². The van der Waals surface area contributed by atoms with Crippen molar-refractivity contribution in [1.29, 1.82) is 0 Å². The van der Waals surface area contributed by atoms with Crippen LogP contribution in [-0.4, -0.2) is 66.2 Å². The van der Waals surface area contributed by atoms with Crippen molar-refractivity contribution in [3.63, 3.8) is 0 Å². The van der Waals surface area contributed by atoms with Crippen LogP contribution in [0.15, 0.2) is 66.7 Å². The van der Waals surface area contributed by atoms with E-state index in [2.05, 4.69) is 4.90 Å². The first-order valence-corrected chi connectivity index (χ1v) is 15.0. The van der Waals surface area contributed by atoms with Crippen molar-refractivity contribution >= 4 is 23.3 Å². The number of carbonyl (C=O) groups excluding carboxylic acids is 1. The van der Waals surface area contributed by atoms with E-state index in [9.17, 15) is 24.8 Å². The number of piperidine rings is 1. The standard InChI is InChI=1S/C34H41N3O8/c1-23(2)21-36(25-8-13-28(14-9-25)45-30-15-10-26(37(41)42)20-31(30)43-5)32(38)24-6-11-27(12-7-24)44-29-16-18-35(19-17-29)22-34(3,4)33(39)40/h6-15,20,23,29H,16-19,21-22H2,1-5H3,(H,39,40). The van der Waals surface area contributed by atoms with Crippen molar-refractivity contribution in [3.05, 3.63) is 82.4 Å². The fraction of sp³-hybridized carbons (Fsp3) is 0.412. The Kier molecular flexibility index (Phi) is 10.7. The third kappa shape index (κ3) is 8.72. The first kappa shape index (κ1) is 33.3. The number of nitro groups is 1. The van der Waals surface area contributed by atoms with Crippen LogP contribution in [0.5, 0.6) is 23.0 Å². The largest absolute Gasteiger partial charge is 0.493 e. The number of carbonyl (C=O) groups is 2. The highest BCUT2D eigenvalue weighted by atomic mass is 16.6. The lowest BCUT2D eigenvalue weighted by molar-refractivity contribution is -0.384. The molecule has 0 radical (unpaired) electrons. The topological polar surface area (TPSA) is 132 Å². The number of methoxy groups -OCH3 is 1. The molecular formula is C34H41N3O8. The number of amides is 1. The number of anilines is 1. The van der Waals surface area contributed by atoms with Crippen molar-refractivity contribution in [3.8, 4) is 23.0 Å². The molecule has 3 aromatic rings. The highest BCUT2D eigenvalue weighted by Crippen LogP contribution is 2.35. The molecule has 1 amide bonds. The zero-order chi connectivity index (χ0) is 32.7. The Morgan fingerprint density at radius 1 is 1.00 bits per heavy atom. The van der Waals surface area contributed by atoms with Gasteiger partial charge in [-0.05, 0) is 87.2 Å². The summed E-state index contributed by atoms with van der Waals surface area (Å²) in [7, 11) is 1.42. The number of carboxylic acid groups (broad SMARTS) is 1. The van der Waals surface area contributed by atoms with Crippen LogP contribution in [0.3, 0.4) is 0 Å². The molecule has 0 unspecified atom stereocenters. The molecule has 1 fully saturated rings. The molecule has 1 N–H and O–H groups in total. The number of non-ortho nitro benzene ring substituents is 1. The third-order valence-corrected chi connectivity index (χ3v) is 7.66. The average molecular weight is 620 g/mol. The van der Waals surface area contributed by atoms with Gasteiger partial charge in [-0.1, -0.05) is 13.8 Å². The van der Waals surface area contributed by atoms with Crippen LogP contribution >= 0.6 is 0 Å². The van der Waals surface area contributed by atoms with Gasteiger partial charge in [0.25, 0.3) is 11.6 Å². The molecule has 0 aliphatic carbocycles. The molecule has 45 heavy (non-hydrogen) atoms. The summed E-state index contributed by atoms with van der Waals surface area (Å²) in [6.07, 6.45) is 1.63. The molecule has 1 saturated heterocycles. The molecule has 11 nitrogen and oxygen atoms in total. The van der Waals surface area contributed by atoms with Crippen LogP contribution in [0.25, 0.3) is 0 Å². The van der Waals surface area contributed by atoms with Crippen LogP contribution in [0.2, 0.25) is 0 Å². The van der Waals surface area contributed by atoms with E-state index < -0.39 is 16.3 Å². The Morgan fingerprint density at radius 2 is 1.62 bits per heavy atom. The molecule has 0 aromatic heterocycles. The van der Waals surface area contributed by atoms with Gasteiger partial charge in [0.05, 0.1) is 23.5 Å². The van der Waals surface area contributed by atoms with E-state index >= 15 is 0 Å². The summed E-state index contributed by atoms with van der Waals surface area (Å²) < 4.78 is 17.4. The second kappa shape index (κ2) is 14.4. The first-order chi connectivity index (χ1) is 21.4. The number of hydrogen-bond donors (Lipinski definition) is 1. The molecule has 1 aliphatic heterocycles. The Labute approximate surface area is 263 Å². The fourth-order valence-electron chi connectivity index (χ4n) is 5.18. The lowest BCUT2D eigenvalue weighted by Crippen LogP contribution is -2.45. The van der Waals surface area contributed by atoms with Gasteiger partial charge in [-0.2, -0.15) is 0 Å². The molecule has 0 bridgehead atoms. The molecule has 0 spiro atoms. The van der Waals surface area contributed by atoms with Gasteiger partial charge in [-0.3, -0.25) is 19.7 Å². The minimum absolute atomic E-state index is 0.0277. The second-order valence-electron chi connectivity index (χ2n) is 12.3. The van der Waals surface area contributed by atoms with E-state index in [0.717, 1.165) is 25.9 Å². The normalized spacial score (nSPS) is 14.2. The van der Waals surface area contributed by atoms with E-state index in [4.69, 9.17) is 14.2 Å². The van der Waals surface area contributed by atoms with Gasteiger partial charge < -0.3 is 29.1 Å². The van der Waals surface area contributed by atoms with Crippen molar-refractivity contribution in [2.24, 2.45) is 11.3 Å². The van der Waals surface area contributed by atoms with Gasteiger partial charge in [0, 0.05) is 43.5 Å². The van der Waals surface area contributed by atoms with Crippen LogP contribution in [0, 0.1) is 21.4 Å². The van der Waals surface area contributed by atoms with E-state index in [1.54, 1.807) is 55.1 Å². The lowest BCUT2D eigenvalue weighted by Gasteiger charge is -2.35. The van der Waals surface area contributed by atoms with Crippen LogP contribution < -0.4 is 19.1 Å². The van der Waals surface area contributed by atoms with Crippen LogP contribution in [0.1, 0.15) is 50.9 Å². The third-order valence-electron chi connectivity index (χ3n) is 7.66. The minimum Gasteiger partial charge on any atom is -0.493 e. The Bertz CT molecular complexity index is 1480. The summed E-state index contributed by atoms with van der Waals surface area (Å²) in [6, 6.07) is 18.4. The summed E-state index contributed by atoms with van der Waals surface area (Å²) in [4.78, 5) is 39.6. The highest BCUT2D eigenvalue weighted by molar-refractivity contribution is 6.06. The maximum Gasteiger partial charge on any atom is 0.310 e. The molecular weight excluding hydrogens is 578 g/mol. The predicted octanol–water partition coefficient (Wildman–Crippen LogP) is 6.65. The van der Waals surface area contributed by atoms with Gasteiger partial charge in [-0.15, -0.1) is 0 Å². The molecule has 0 atom stereocenters. The van der Waals surface area contributed by atoms with Crippen molar-refractivity contribution < 1.29 is 33.8 Å². The lowest BCUT2D eigenvalue weighted by atomic mass is 9.92. The number of benzene rings is 3. The van der Waals surface area contributed by atoms with Crippen molar-refractivity contribution in [2.75, 3.05) is 38.2 Å². The Hall–Kier alpha value is -4.64. The van der Waals surface area contributed by atoms with Gasteiger partial charge >= 0.3 is 5.97 Å². The number of rotatable bonds is 13. The van der Waals surface area contributed by atoms with E-state index in [-0.39, 0.29) is 29.4 Å². The monoisotopic (exact) mass is 619 g/mol. The summed E-state index contributed by atoms with van der Waals surface area (Å²) in [5.74, 6) is 1.02. The van der Waals surface area contributed by atoms with Crippen molar-refractivity contribution in [1.82, 2.24) is 4.90 Å². The van der Waals surface area contributed by atoms with Crippen LogP contribution in [-0.2, 0) is 4.79 Å². The summed E-state index contributed by atoms with van der Waals surface area (Å²) in [5, 5.41) is 20.5. The SMILES string of the molecule is COc1cc([N+](=O)[O-])ccc1Oc1ccc(N(CC(C)C)C(=O)c2ccc(OC3CCN(CC(C)(C)C(=O)O)CC3)cc2)cc1. The van der Waals surface area contributed by atoms with Crippen LogP contribution in [0.4, 0.5) is 11.4 Å². The average Bonchev–Trinajstić information content (AvgIpc) is 3.01. The highest BCUT2D eigenvalue weighted by Gasteiger charge is 2.32. The predicted molar refractivity (Wildman–Crippen MR) is 171 cm³/mol. The molecule has 1 aliphatic rings. The number of nitrogens with zero attached hydrogens (tertiary/aromatic N) is 3. The number of ether oxygens (including phenoxy) is 3. The molecule has 240 valence electrons. The van der Waals surface area contributed by atoms with E-state index in [0.29, 0.717) is 41.6 Å². The smallest absolute Gasteiger partial charge is 0.310 e. The zero-order valence-corrected chi connectivity index (χ0v) is 26.4. The van der Waals surface area contributed by atoms with Gasteiger partial charge in [-0.25, -0.2) is 0 Å². The van der Waals surface area contributed by atoms with Gasteiger partial charge in [0.2, 0.25) is 0 Å². The van der Waals surface area contributed by atoms with Gasteiger partial charge in [0.15, 0.2) is 11.5 Å². The maximum atomic E-state index is 13.7. The summed E-state index contributed by atoms with van der Waals surface area (Å²) >= 11 is 0. The number of likely N-dealkylation sites (tertiary alicyclic amines) is 1. The molecule has 1 heterocycles. The second-order valence-corrected chi connectivity index (χ2v) is 12.3. The number of aliphatic carboxylic acids is 1. The number of carboxylic acids is 1. The summed E-state index contributed by atoms with van der Waals surface area (Å²) in [6.45, 7) is 10.1. The molecule has 4 rings (SSSR count). The van der Waals surface area contributed by atoms with E-state index in [1.165, 1.54) is 25.3 Å². The fourth-order valence-corrected chi connectivity index (χ4v) is 5.18. The summed E-state index contributed by atoms with van der Waals surface area (Å²) in [5.41, 5.74) is 0.342. The molecule has 0 saturated carbocycles. The quantitative estimate of drug-likeness (QED) is 0.165. The molecule has 11 heteroatoms. The molecule has 3 aromatic carbocycles. The Morgan fingerprint density at radius 3 is 2.18 bits per heavy atom. The zero-order valence-electron chi connectivity index (χ0n) is 26.4. The van der Waals surface area contributed by atoms with Crippen molar-refractivity contribution in [2.45, 2.75) is 46.6 Å². The first-order valence-electron chi connectivity index (χ1n) is 15.0. The minimum atomic E-state index is -0.797. The number of nitro benzene ring substituents is 1. The Balaban J connectivity index is 1.39. The van der Waals surface area contributed by atoms with Gasteiger partial charge in [0.1, 0.15) is 17.6 Å². The maximum absolute atomic E-state index is 13.7.